The summed E-state index contributed by atoms with van der Waals surface area (Å²) in [6.45, 7) is 0. The molecule has 0 N–H and O–H groups in total. The van der Waals surface area contributed by atoms with E-state index in [4.69, 9.17) is 11.6 Å². The van der Waals surface area contributed by atoms with E-state index in [-0.39, 0.29) is 4.90 Å². The molecule has 0 saturated carbocycles. The Kier molecular flexibility index (Phi) is 3.76. The van der Waals surface area contributed by atoms with Crippen LogP contribution < -0.4 is 0 Å². The van der Waals surface area contributed by atoms with E-state index >= 15 is 0 Å². The van der Waals surface area contributed by atoms with Gasteiger partial charge >= 0.3 is 0 Å². The van der Waals surface area contributed by atoms with Crippen molar-refractivity contribution < 1.29 is 8.42 Å². The maximum atomic E-state index is 12.0. The summed E-state index contributed by atoms with van der Waals surface area (Å²) in [5.41, 5.74) is 0. The second-order valence-corrected chi connectivity index (χ2v) is 7.58. The third kappa shape index (κ3) is 3.25. The maximum Gasteiger partial charge on any atom is 0.234 e. The fourth-order valence-electron chi connectivity index (χ4n) is 1.25. The van der Waals surface area contributed by atoms with Crippen LogP contribution in [0, 0.1) is 0 Å². The molecule has 88 valence electrons. The van der Waals surface area contributed by atoms with E-state index in [1.54, 1.807) is 36.4 Å². The molecule has 0 amide bonds. The molecule has 0 radical (unpaired) electrons. The summed E-state index contributed by atoms with van der Waals surface area (Å²) < 4.78 is 24.1. The molecular formula is C12H9ClO2S2. The number of hydrogen-bond acceptors (Lipinski definition) is 3. The largest absolute Gasteiger partial charge is 0.234 e. The summed E-state index contributed by atoms with van der Waals surface area (Å²) in [6, 6.07) is 15.1. The second-order valence-electron chi connectivity index (χ2n) is 3.30. The van der Waals surface area contributed by atoms with Gasteiger partial charge in [0.2, 0.25) is 8.87 Å². The van der Waals surface area contributed by atoms with Gasteiger partial charge in [0, 0.05) is 20.7 Å². The molecular weight excluding hydrogens is 276 g/mol. The zero-order valence-electron chi connectivity index (χ0n) is 8.71. The summed E-state index contributed by atoms with van der Waals surface area (Å²) in [5, 5.41) is 0.522. The van der Waals surface area contributed by atoms with E-state index in [2.05, 4.69) is 0 Å². The van der Waals surface area contributed by atoms with E-state index < -0.39 is 8.87 Å². The lowest BCUT2D eigenvalue weighted by Gasteiger charge is -2.03. The minimum absolute atomic E-state index is 0.260. The molecule has 2 aromatic carbocycles. The minimum Gasteiger partial charge on any atom is -0.212 e. The van der Waals surface area contributed by atoms with E-state index in [1.807, 2.05) is 6.07 Å². The standard InChI is InChI=1S/C12H9ClO2S2/c13-10-6-8-12(9-7-10)17(14,15)16-11-4-2-1-3-5-11/h1-9H. The molecule has 0 bridgehead atoms. The lowest BCUT2D eigenvalue weighted by molar-refractivity contribution is 0.610. The molecule has 2 nitrogen and oxygen atoms in total. The van der Waals surface area contributed by atoms with Gasteiger partial charge in [-0.1, -0.05) is 29.8 Å². The minimum atomic E-state index is -3.37. The molecule has 0 saturated heterocycles. The van der Waals surface area contributed by atoms with E-state index in [0.29, 0.717) is 9.92 Å². The number of benzene rings is 2. The van der Waals surface area contributed by atoms with Crippen LogP contribution in [-0.4, -0.2) is 8.42 Å². The third-order valence-corrected chi connectivity index (χ3v) is 5.65. The Morgan fingerprint density at radius 1 is 0.882 bits per heavy atom. The molecule has 0 atom stereocenters. The van der Waals surface area contributed by atoms with Crippen LogP contribution >= 0.6 is 22.4 Å². The SMILES string of the molecule is O=S(=O)(Sc1ccccc1)c1ccc(Cl)cc1. The Bertz CT molecular complexity index is 592. The topological polar surface area (TPSA) is 34.1 Å². The van der Waals surface area contributed by atoms with Gasteiger partial charge < -0.3 is 0 Å². The zero-order valence-corrected chi connectivity index (χ0v) is 11.1. The highest BCUT2D eigenvalue weighted by molar-refractivity contribution is 8.72. The van der Waals surface area contributed by atoms with Gasteiger partial charge in [0.1, 0.15) is 0 Å². The van der Waals surface area contributed by atoms with Crippen molar-refractivity contribution in [3.63, 3.8) is 0 Å². The molecule has 17 heavy (non-hydrogen) atoms. The van der Waals surface area contributed by atoms with Gasteiger partial charge in [0.25, 0.3) is 0 Å². The van der Waals surface area contributed by atoms with Crippen LogP contribution in [0.1, 0.15) is 0 Å². The molecule has 0 heterocycles. The molecule has 0 aliphatic rings. The van der Waals surface area contributed by atoms with Crippen molar-refractivity contribution in [3.8, 4) is 0 Å². The molecule has 0 aliphatic carbocycles. The van der Waals surface area contributed by atoms with Crippen LogP contribution in [-0.2, 0) is 8.87 Å². The van der Waals surface area contributed by atoms with Crippen LogP contribution in [0.2, 0.25) is 5.02 Å². The fourth-order valence-corrected chi connectivity index (χ4v) is 4.18. The Balaban J connectivity index is 2.29. The first-order valence-corrected chi connectivity index (χ1v) is 8.02. The number of rotatable bonds is 3. The first kappa shape index (κ1) is 12.5. The lowest BCUT2D eigenvalue weighted by Crippen LogP contribution is -1.94. The van der Waals surface area contributed by atoms with Gasteiger partial charge in [-0.25, -0.2) is 8.42 Å². The summed E-state index contributed by atoms with van der Waals surface area (Å²) in [5.74, 6) is 0. The number of halogens is 1. The van der Waals surface area contributed by atoms with Crippen molar-refractivity contribution in [3.05, 3.63) is 59.6 Å². The summed E-state index contributed by atoms with van der Waals surface area (Å²) in [4.78, 5) is 0.957. The summed E-state index contributed by atoms with van der Waals surface area (Å²) >= 11 is 5.72. The third-order valence-electron chi connectivity index (χ3n) is 2.05. The first-order valence-electron chi connectivity index (χ1n) is 4.83. The normalized spacial score (nSPS) is 11.4. The van der Waals surface area contributed by atoms with Crippen LogP contribution in [0.4, 0.5) is 0 Å². The van der Waals surface area contributed by atoms with Gasteiger partial charge in [0.15, 0.2) is 0 Å². The predicted molar refractivity (Wildman–Crippen MR) is 70.9 cm³/mol. The van der Waals surface area contributed by atoms with E-state index in [1.165, 1.54) is 12.1 Å². The highest BCUT2D eigenvalue weighted by Crippen LogP contribution is 2.30. The van der Waals surface area contributed by atoms with Crippen molar-refractivity contribution >= 4 is 31.3 Å². The lowest BCUT2D eigenvalue weighted by atomic mass is 10.4. The molecule has 0 aliphatic heterocycles. The van der Waals surface area contributed by atoms with Gasteiger partial charge in [-0.15, -0.1) is 0 Å². The molecule has 5 heteroatoms. The van der Waals surface area contributed by atoms with Crippen molar-refractivity contribution in [1.29, 1.82) is 0 Å². The molecule has 2 aromatic rings. The van der Waals surface area contributed by atoms with E-state index in [9.17, 15) is 8.42 Å². The molecule has 2 rings (SSSR count). The average Bonchev–Trinajstić information content (AvgIpc) is 2.30. The van der Waals surface area contributed by atoms with E-state index in [0.717, 1.165) is 10.8 Å². The zero-order chi connectivity index (χ0) is 12.3. The maximum absolute atomic E-state index is 12.0. The molecule has 0 spiro atoms. The highest BCUT2D eigenvalue weighted by atomic mass is 35.5. The second kappa shape index (κ2) is 5.12. The Labute approximate surface area is 109 Å². The monoisotopic (exact) mass is 284 g/mol. The van der Waals surface area contributed by atoms with Crippen LogP contribution in [0.15, 0.2) is 64.4 Å². The van der Waals surface area contributed by atoms with Crippen LogP contribution in [0.5, 0.6) is 0 Å². The summed E-state index contributed by atoms with van der Waals surface area (Å²) in [7, 11) is -2.54. The molecule has 0 aromatic heterocycles. The Morgan fingerprint density at radius 3 is 2.06 bits per heavy atom. The smallest absolute Gasteiger partial charge is 0.212 e. The van der Waals surface area contributed by atoms with Crippen molar-refractivity contribution in [2.24, 2.45) is 0 Å². The van der Waals surface area contributed by atoms with Crippen molar-refractivity contribution in [2.45, 2.75) is 9.79 Å². The van der Waals surface area contributed by atoms with Crippen molar-refractivity contribution in [2.75, 3.05) is 0 Å². The van der Waals surface area contributed by atoms with Gasteiger partial charge in [-0.3, -0.25) is 0 Å². The molecule has 0 unspecified atom stereocenters. The van der Waals surface area contributed by atoms with Gasteiger partial charge in [-0.2, -0.15) is 0 Å². The highest BCUT2D eigenvalue weighted by Gasteiger charge is 2.15. The fraction of sp³-hybridized carbons (Fsp3) is 0. The predicted octanol–water partition coefficient (Wildman–Crippen LogP) is 3.82. The Morgan fingerprint density at radius 2 is 1.47 bits per heavy atom. The number of hydrogen-bond donors (Lipinski definition) is 0. The van der Waals surface area contributed by atoms with Crippen LogP contribution in [0.3, 0.4) is 0 Å². The van der Waals surface area contributed by atoms with Gasteiger partial charge in [0.05, 0.1) is 4.90 Å². The van der Waals surface area contributed by atoms with Crippen LogP contribution in [0.25, 0.3) is 0 Å². The van der Waals surface area contributed by atoms with Gasteiger partial charge in [-0.05, 0) is 36.4 Å². The Hall–Kier alpha value is -0.970. The van der Waals surface area contributed by atoms with Crippen molar-refractivity contribution in [1.82, 2.24) is 0 Å². The molecule has 0 fully saturated rings. The average molecular weight is 285 g/mol. The first-order chi connectivity index (χ1) is 8.08. The summed E-state index contributed by atoms with van der Waals surface area (Å²) in [6.07, 6.45) is 0. The quantitative estimate of drug-likeness (QED) is 0.804.